The Balaban J connectivity index is 2.22. The minimum absolute atomic E-state index is 0.0585. The van der Waals surface area contributed by atoms with Crippen molar-refractivity contribution < 1.29 is 28.9 Å². The van der Waals surface area contributed by atoms with Gasteiger partial charge < -0.3 is 24.1 Å². The van der Waals surface area contributed by atoms with Crippen LogP contribution in [0, 0.1) is 0 Å². The first-order chi connectivity index (χ1) is 13.0. The number of aromatic hydroxyl groups is 2. The molecule has 0 aliphatic rings. The molecule has 0 saturated heterocycles. The molecule has 0 aliphatic carbocycles. The lowest BCUT2D eigenvalue weighted by Gasteiger charge is -2.18. The quantitative estimate of drug-likeness (QED) is 0.665. The summed E-state index contributed by atoms with van der Waals surface area (Å²) in [5.41, 5.74) is 0.201. The lowest BCUT2D eigenvalue weighted by Crippen LogP contribution is -2.13. The van der Waals surface area contributed by atoms with Gasteiger partial charge in [-0.15, -0.1) is 0 Å². The Morgan fingerprint density at radius 3 is 2.59 bits per heavy atom. The van der Waals surface area contributed by atoms with E-state index >= 15 is 0 Å². The van der Waals surface area contributed by atoms with E-state index < -0.39 is 23.1 Å². The Labute approximate surface area is 154 Å². The van der Waals surface area contributed by atoms with Crippen LogP contribution >= 0.6 is 0 Å². The van der Waals surface area contributed by atoms with Crippen LogP contribution in [0.1, 0.15) is 23.7 Å². The summed E-state index contributed by atoms with van der Waals surface area (Å²) in [5.74, 6) is -1.90. The summed E-state index contributed by atoms with van der Waals surface area (Å²) in [7, 11) is 2.63. The molecule has 0 fully saturated rings. The van der Waals surface area contributed by atoms with E-state index in [-0.39, 0.29) is 34.6 Å². The highest BCUT2D eigenvalue weighted by molar-refractivity contribution is 5.78. The number of methoxy groups -OCH3 is 2. The molecule has 140 valence electrons. The van der Waals surface area contributed by atoms with Gasteiger partial charge in [0.2, 0.25) is 11.2 Å². The molecule has 1 atom stereocenters. The van der Waals surface area contributed by atoms with Gasteiger partial charge >= 0.3 is 5.97 Å². The Morgan fingerprint density at radius 1 is 1.15 bits per heavy atom. The fourth-order valence-corrected chi connectivity index (χ4v) is 2.91. The van der Waals surface area contributed by atoms with E-state index in [1.807, 2.05) is 0 Å². The molecule has 0 saturated carbocycles. The molecule has 0 amide bonds. The molecule has 7 heteroatoms. The molecule has 2 aromatic carbocycles. The fourth-order valence-electron chi connectivity index (χ4n) is 2.91. The van der Waals surface area contributed by atoms with E-state index in [9.17, 15) is 19.8 Å². The number of benzene rings is 2. The summed E-state index contributed by atoms with van der Waals surface area (Å²) >= 11 is 0. The molecule has 0 unspecified atom stereocenters. The largest absolute Gasteiger partial charge is 0.504 e. The number of rotatable bonds is 5. The van der Waals surface area contributed by atoms with Crippen molar-refractivity contribution in [2.24, 2.45) is 0 Å². The van der Waals surface area contributed by atoms with Crippen LogP contribution in [0.15, 0.2) is 51.7 Å². The van der Waals surface area contributed by atoms with E-state index in [0.29, 0.717) is 5.56 Å². The number of phenols is 1. The fraction of sp³-hybridized carbons (Fsp3) is 0.200. The van der Waals surface area contributed by atoms with Gasteiger partial charge in [-0.25, -0.2) is 0 Å². The van der Waals surface area contributed by atoms with Crippen LogP contribution in [0.3, 0.4) is 0 Å². The van der Waals surface area contributed by atoms with E-state index in [1.165, 1.54) is 26.4 Å². The number of hydrogen-bond donors (Lipinski definition) is 2. The second-order valence-corrected chi connectivity index (χ2v) is 5.90. The summed E-state index contributed by atoms with van der Waals surface area (Å²) in [6.45, 7) is 0. The van der Waals surface area contributed by atoms with Crippen molar-refractivity contribution in [3.63, 3.8) is 0 Å². The van der Waals surface area contributed by atoms with Gasteiger partial charge in [-0.05, 0) is 29.8 Å². The first kappa shape index (κ1) is 18.3. The van der Waals surface area contributed by atoms with Crippen molar-refractivity contribution in [1.82, 2.24) is 0 Å². The molecule has 7 nitrogen and oxygen atoms in total. The highest BCUT2D eigenvalue weighted by Gasteiger charge is 2.27. The van der Waals surface area contributed by atoms with E-state index in [0.717, 1.165) is 0 Å². The van der Waals surface area contributed by atoms with Crippen LogP contribution < -0.4 is 10.2 Å². The molecule has 0 spiro atoms. The third-order valence-electron chi connectivity index (χ3n) is 4.32. The van der Waals surface area contributed by atoms with E-state index in [2.05, 4.69) is 0 Å². The summed E-state index contributed by atoms with van der Waals surface area (Å²) in [5, 5.41) is 20.5. The molecular weight excluding hydrogens is 352 g/mol. The van der Waals surface area contributed by atoms with Crippen molar-refractivity contribution in [1.29, 1.82) is 0 Å². The lowest BCUT2D eigenvalue weighted by molar-refractivity contribution is -0.140. The molecule has 2 N–H and O–H groups in total. The topological polar surface area (TPSA) is 106 Å². The highest BCUT2D eigenvalue weighted by Crippen LogP contribution is 2.38. The van der Waals surface area contributed by atoms with Crippen LogP contribution in [0.2, 0.25) is 0 Å². The van der Waals surface area contributed by atoms with E-state index in [4.69, 9.17) is 13.9 Å². The van der Waals surface area contributed by atoms with Crippen LogP contribution in [-0.2, 0) is 9.53 Å². The van der Waals surface area contributed by atoms with Crippen molar-refractivity contribution in [2.75, 3.05) is 14.2 Å². The van der Waals surface area contributed by atoms with Crippen LogP contribution in [0.5, 0.6) is 17.2 Å². The van der Waals surface area contributed by atoms with Crippen molar-refractivity contribution in [3.8, 4) is 17.2 Å². The number of carbonyl (C=O) groups is 1. The number of esters is 1. The second-order valence-electron chi connectivity index (χ2n) is 5.90. The number of fused-ring (bicyclic) bond motifs is 1. The number of ether oxygens (including phenoxy) is 2. The van der Waals surface area contributed by atoms with Crippen LogP contribution in [-0.4, -0.2) is 30.4 Å². The number of phenolic OH excluding ortho intramolecular Hbond substituents is 1. The Bertz CT molecular complexity index is 1050. The van der Waals surface area contributed by atoms with Gasteiger partial charge in [-0.3, -0.25) is 9.59 Å². The lowest BCUT2D eigenvalue weighted by atomic mass is 9.91. The average molecular weight is 370 g/mol. The maximum Gasteiger partial charge on any atom is 0.306 e. The molecule has 0 bridgehead atoms. The Kier molecular flexibility index (Phi) is 5.03. The van der Waals surface area contributed by atoms with Gasteiger partial charge in [-0.2, -0.15) is 0 Å². The van der Waals surface area contributed by atoms with E-state index in [1.54, 1.807) is 30.3 Å². The normalized spacial score (nSPS) is 11.9. The predicted octanol–water partition coefficient (Wildman–Crippen LogP) is 2.91. The zero-order chi connectivity index (χ0) is 19.6. The van der Waals surface area contributed by atoms with Crippen molar-refractivity contribution in [2.45, 2.75) is 12.3 Å². The maximum atomic E-state index is 12.5. The van der Waals surface area contributed by atoms with Crippen LogP contribution in [0.25, 0.3) is 11.0 Å². The predicted molar refractivity (Wildman–Crippen MR) is 97.3 cm³/mol. The summed E-state index contributed by atoms with van der Waals surface area (Å²) < 4.78 is 15.6. The zero-order valence-electron chi connectivity index (χ0n) is 14.8. The van der Waals surface area contributed by atoms with Gasteiger partial charge in [0.1, 0.15) is 5.58 Å². The van der Waals surface area contributed by atoms with Crippen molar-refractivity contribution in [3.05, 3.63) is 64.0 Å². The Hall–Kier alpha value is -3.48. The first-order valence-corrected chi connectivity index (χ1v) is 8.14. The third-order valence-corrected chi connectivity index (χ3v) is 4.32. The minimum Gasteiger partial charge on any atom is -0.504 e. The smallest absolute Gasteiger partial charge is 0.306 e. The summed E-state index contributed by atoms with van der Waals surface area (Å²) in [6.07, 6.45) is -0.181. The maximum absolute atomic E-state index is 12.5. The Morgan fingerprint density at radius 2 is 1.89 bits per heavy atom. The average Bonchev–Trinajstić information content (AvgIpc) is 2.69. The first-order valence-electron chi connectivity index (χ1n) is 8.14. The molecule has 0 radical (unpaired) electrons. The minimum atomic E-state index is -0.816. The van der Waals surface area contributed by atoms with Gasteiger partial charge in [-0.1, -0.05) is 18.2 Å². The standard InChI is InChI=1S/C20H18O7/c1-25-16-9-11(7-8-14(16)21)13(10-17(22)26-2)20-19(24)18(23)12-5-3-4-6-15(12)27-20/h3-9,13,21,24H,10H2,1-2H3/t13-/m1/s1. The third kappa shape index (κ3) is 3.44. The molecule has 27 heavy (non-hydrogen) atoms. The zero-order valence-corrected chi connectivity index (χ0v) is 14.8. The summed E-state index contributed by atoms with van der Waals surface area (Å²) in [6, 6.07) is 11.0. The second kappa shape index (κ2) is 7.41. The SMILES string of the molecule is COC(=O)C[C@H](c1ccc(O)c(OC)c1)c1oc2ccccc2c(=O)c1O. The summed E-state index contributed by atoms with van der Waals surface area (Å²) in [4.78, 5) is 24.5. The molecule has 3 rings (SSSR count). The molecule has 3 aromatic rings. The van der Waals surface area contributed by atoms with Gasteiger partial charge in [0.05, 0.1) is 31.9 Å². The highest BCUT2D eigenvalue weighted by atomic mass is 16.5. The molecular formula is C20H18O7. The van der Waals surface area contributed by atoms with Gasteiger partial charge in [0, 0.05) is 0 Å². The van der Waals surface area contributed by atoms with Gasteiger partial charge in [0.15, 0.2) is 17.3 Å². The van der Waals surface area contributed by atoms with Crippen molar-refractivity contribution >= 4 is 16.9 Å². The molecule has 0 aliphatic heterocycles. The van der Waals surface area contributed by atoms with Gasteiger partial charge in [0.25, 0.3) is 0 Å². The van der Waals surface area contributed by atoms with Crippen LogP contribution in [0.4, 0.5) is 0 Å². The monoisotopic (exact) mass is 370 g/mol. The number of hydrogen-bond acceptors (Lipinski definition) is 7. The molecule has 1 aromatic heterocycles. The number of para-hydroxylation sites is 1. The molecule has 1 heterocycles. The number of carbonyl (C=O) groups excluding carboxylic acids is 1.